The van der Waals surface area contributed by atoms with Crippen molar-refractivity contribution in [3.8, 4) is 12.3 Å². The number of terminal acetylenes is 1. The summed E-state index contributed by atoms with van der Waals surface area (Å²) < 4.78 is 7.50. The van der Waals surface area contributed by atoms with E-state index >= 15 is 0 Å². The van der Waals surface area contributed by atoms with Gasteiger partial charge in [-0.2, -0.15) is 5.10 Å². The van der Waals surface area contributed by atoms with Crippen LogP contribution in [0.25, 0.3) is 10.9 Å². The molecule has 102 valence electrons. The van der Waals surface area contributed by atoms with Gasteiger partial charge in [-0.05, 0) is 43.4 Å². The van der Waals surface area contributed by atoms with E-state index in [1.54, 1.807) is 22.9 Å². The first-order chi connectivity index (χ1) is 9.70. The average Bonchev–Trinajstić information content (AvgIpc) is 2.86. The lowest BCUT2D eigenvalue weighted by Gasteiger charge is -2.23. The Morgan fingerprint density at radius 3 is 3.00 bits per heavy atom. The molecule has 1 aliphatic heterocycles. The Kier molecular flexibility index (Phi) is 3.17. The van der Waals surface area contributed by atoms with Gasteiger partial charge in [-0.15, -0.1) is 6.42 Å². The summed E-state index contributed by atoms with van der Waals surface area (Å²) in [7, 11) is 0. The van der Waals surface area contributed by atoms with Crippen molar-refractivity contribution in [1.82, 2.24) is 9.78 Å². The number of hydrogen-bond donors (Lipinski definition) is 1. The van der Waals surface area contributed by atoms with Crippen LogP contribution in [0.1, 0.15) is 41.5 Å². The number of carboxylic acids is 1. The number of fused-ring (bicyclic) bond motifs is 1. The van der Waals surface area contributed by atoms with Gasteiger partial charge in [-0.25, -0.2) is 9.48 Å². The molecule has 1 aromatic carbocycles. The summed E-state index contributed by atoms with van der Waals surface area (Å²) in [5.41, 5.74) is 1.48. The predicted octanol–water partition coefficient (Wildman–Crippen LogP) is 2.41. The number of carboxylic acid groups (broad SMARTS) is 1. The normalized spacial score (nSPS) is 18.9. The van der Waals surface area contributed by atoms with E-state index in [9.17, 15) is 4.79 Å². The highest BCUT2D eigenvalue weighted by Crippen LogP contribution is 2.28. The molecule has 1 aliphatic rings. The molecule has 1 N–H and O–H groups in total. The second kappa shape index (κ2) is 4.99. The maximum atomic E-state index is 11.0. The van der Waals surface area contributed by atoms with Crippen LogP contribution in [0.5, 0.6) is 0 Å². The molecule has 20 heavy (non-hydrogen) atoms. The van der Waals surface area contributed by atoms with E-state index in [1.165, 1.54) is 0 Å². The average molecular weight is 270 g/mol. The van der Waals surface area contributed by atoms with Crippen molar-refractivity contribution in [3.05, 3.63) is 29.5 Å². The fourth-order valence-electron chi connectivity index (χ4n) is 2.52. The van der Waals surface area contributed by atoms with Gasteiger partial charge in [0.05, 0.1) is 11.1 Å². The fourth-order valence-corrected chi connectivity index (χ4v) is 2.52. The number of benzene rings is 1. The number of ether oxygens (including phenoxy) is 1. The maximum absolute atomic E-state index is 11.0. The van der Waals surface area contributed by atoms with Crippen LogP contribution in [0.3, 0.4) is 0 Å². The number of carbonyl (C=O) groups is 1. The van der Waals surface area contributed by atoms with Gasteiger partial charge < -0.3 is 9.84 Å². The molecule has 5 heteroatoms. The summed E-state index contributed by atoms with van der Waals surface area (Å²) in [5, 5.41) is 14.1. The molecule has 1 fully saturated rings. The van der Waals surface area contributed by atoms with E-state index in [-0.39, 0.29) is 11.8 Å². The molecule has 3 rings (SSSR count). The Morgan fingerprint density at radius 1 is 1.50 bits per heavy atom. The van der Waals surface area contributed by atoms with Crippen molar-refractivity contribution in [2.45, 2.75) is 25.5 Å². The number of aromatic nitrogens is 2. The third-order valence-electron chi connectivity index (χ3n) is 3.52. The zero-order valence-corrected chi connectivity index (χ0v) is 10.9. The quantitative estimate of drug-likeness (QED) is 0.851. The zero-order chi connectivity index (χ0) is 14.1. The summed E-state index contributed by atoms with van der Waals surface area (Å²) >= 11 is 0. The summed E-state index contributed by atoms with van der Waals surface area (Å²) in [6.45, 7) is 0.713. The highest BCUT2D eigenvalue weighted by atomic mass is 16.5. The lowest BCUT2D eigenvalue weighted by molar-refractivity contribution is -0.0367. The van der Waals surface area contributed by atoms with Crippen LogP contribution >= 0.6 is 0 Å². The number of nitrogens with zero attached hydrogens (tertiary/aromatic N) is 2. The monoisotopic (exact) mass is 270 g/mol. The number of hydrogen-bond acceptors (Lipinski definition) is 3. The molecule has 0 amide bonds. The second-order valence-corrected chi connectivity index (χ2v) is 4.80. The largest absolute Gasteiger partial charge is 0.478 e. The van der Waals surface area contributed by atoms with E-state index in [0.29, 0.717) is 17.7 Å². The lowest BCUT2D eigenvalue weighted by atomic mass is 10.1. The first kappa shape index (κ1) is 12.7. The summed E-state index contributed by atoms with van der Waals surface area (Å²) in [6, 6.07) is 4.87. The van der Waals surface area contributed by atoms with E-state index in [1.807, 2.05) is 0 Å². The third-order valence-corrected chi connectivity index (χ3v) is 3.52. The Hall–Kier alpha value is -2.32. The van der Waals surface area contributed by atoms with Crippen LogP contribution in [-0.4, -0.2) is 27.5 Å². The molecule has 0 saturated carbocycles. The van der Waals surface area contributed by atoms with E-state index in [4.69, 9.17) is 16.3 Å². The smallest absolute Gasteiger partial charge is 0.335 e. The molecule has 1 aromatic heterocycles. The van der Waals surface area contributed by atoms with Crippen LogP contribution in [0.4, 0.5) is 0 Å². The Balaban J connectivity index is 2.14. The molecule has 5 nitrogen and oxygen atoms in total. The number of aromatic carboxylic acids is 1. The van der Waals surface area contributed by atoms with Crippen LogP contribution in [0.15, 0.2) is 18.2 Å². The molecule has 1 atom stereocenters. The van der Waals surface area contributed by atoms with E-state index < -0.39 is 5.97 Å². The highest BCUT2D eigenvalue weighted by molar-refractivity contribution is 5.95. The molecule has 2 heterocycles. The first-order valence-electron chi connectivity index (χ1n) is 6.54. The van der Waals surface area contributed by atoms with Crippen molar-refractivity contribution >= 4 is 16.9 Å². The third kappa shape index (κ3) is 2.04. The predicted molar refractivity (Wildman–Crippen MR) is 73.5 cm³/mol. The minimum absolute atomic E-state index is 0.121. The topological polar surface area (TPSA) is 64.4 Å². The van der Waals surface area contributed by atoms with Gasteiger partial charge in [-0.3, -0.25) is 0 Å². The van der Waals surface area contributed by atoms with Gasteiger partial charge in [0.25, 0.3) is 0 Å². The summed E-state index contributed by atoms with van der Waals surface area (Å²) in [6.07, 6.45) is 8.38. The Bertz CT molecular complexity index is 706. The first-order valence-corrected chi connectivity index (χ1v) is 6.54. The molecule has 0 unspecified atom stereocenters. The van der Waals surface area contributed by atoms with Crippen molar-refractivity contribution in [1.29, 1.82) is 0 Å². The van der Waals surface area contributed by atoms with Crippen LogP contribution < -0.4 is 0 Å². The van der Waals surface area contributed by atoms with Gasteiger partial charge in [0.2, 0.25) is 0 Å². The summed E-state index contributed by atoms with van der Waals surface area (Å²) in [5.74, 6) is 1.54. The van der Waals surface area contributed by atoms with Crippen molar-refractivity contribution in [3.63, 3.8) is 0 Å². The fraction of sp³-hybridized carbons (Fsp3) is 0.333. The number of rotatable bonds is 2. The van der Waals surface area contributed by atoms with Crippen LogP contribution in [-0.2, 0) is 4.74 Å². The van der Waals surface area contributed by atoms with Crippen LogP contribution in [0.2, 0.25) is 0 Å². The Morgan fingerprint density at radius 2 is 2.35 bits per heavy atom. The maximum Gasteiger partial charge on any atom is 0.335 e. The van der Waals surface area contributed by atoms with Crippen molar-refractivity contribution in [2.24, 2.45) is 0 Å². The zero-order valence-electron chi connectivity index (χ0n) is 10.9. The molecule has 0 spiro atoms. The van der Waals surface area contributed by atoms with Gasteiger partial charge in [0.1, 0.15) is 5.69 Å². The van der Waals surface area contributed by atoms with E-state index in [2.05, 4.69) is 11.0 Å². The molecule has 2 aromatic rings. The van der Waals surface area contributed by atoms with Gasteiger partial charge in [0, 0.05) is 12.0 Å². The van der Waals surface area contributed by atoms with Crippen molar-refractivity contribution < 1.29 is 14.6 Å². The second-order valence-electron chi connectivity index (χ2n) is 4.80. The highest BCUT2D eigenvalue weighted by Gasteiger charge is 2.21. The van der Waals surface area contributed by atoms with E-state index in [0.717, 1.165) is 24.8 Å². The molecular weight excluding hydrogens is 256 g/mol. The van der Waals surface area contributed by atoms with Crippen LogP contribution in [0, 0.1) is 12.3 Å². The molecule has 1 saturated heterocycles. The molecular formula is C15H14N2O3. The molecule has 0 radical (unpaired) electrons. The lowest BCUT2D eigenvalue weighted by Crippen LogP contribution is -2.19. The standard InChI is InChI=1S/C15H14N2O3/c1-2-12-11-9-10(15(18)19)6-7-13(11)17(16-12)14-5-3-4-8-20-14/h1,6-7,9,14H,3-5,8H2,(H,18,19)/t14-/m0/s1. The minimum Gasteiger partial charge on any atom is -0.478 e. The minimum atomic E-state index is -0.975. The van der Waals surface area contributed by atoms with Gasteiger partial charge in [-0.1, -0.05) is 0 Å². The molecule has 0 bridgehead atoms. The Labute approximate surface area is 116 Å². The van der Waals surface area contributed by atoms with Gasteiger partial charge >= 0.3 is 5.97 Å². The van der Waals surface area contributed by atoms with Gasteiger partial charge in [0.15, 0.2) is 6.23 Å². The van der Waals surface area contributed by atoms with Crippen molar-refractivity contribution in [2.75, 3.05) is 6.61 Å². The molecule has 0 aliphatic carbocycles. The SMILES string of the molecule is C#Cc1nn([C@@H]2CCCCO2)c2ccc(C(=O)O)cc12. The summed E-state index contributed by atoms with van der Waals surface area (Å²) in [4.78, 5) is 11.0.